The van der Waals surface area contributed by atoms with Gasteiger partial charge < -0.3 is 10.1 Å². The molecule has 1 aromatic carbocycles. The maximum atomic E-state index is 11.8. The third-order valence-corrected chi connectivity index (χ3v) is 3.57. The molecule has 2 heterocycles. The lowest BCUT2D eigenvalue weighted by atomic mass is 10.2. The molecule has 0 saturated carbocycles. The van der Waals surface area contributed by atoms with Crippen LogP contribution < -0.4 is 5.32 Å². The van der Waals surface area contributed by atoms with E-state index >= 15 is 0 Å². The number of para-hydroxylation sites is 1. The van der Waals surface area contributed by atoms with Crippen LogP contribution in [0.5, 0.6) is 0 Å². The highest BCUT2D eigenvalue weighted by Gasteiger charge is 2.23. The van der Waals surface area contributed by atoms with Gasteiger partial charge in [0, 0.05) is 12.7 Å². The second-order valence-corrected chi connectivity index (χ2v) is 5.26. The summed E-state index contributed by atoms with van der Waals surface area (Å²) in [6.07, 6.45) is 3.99. The number of amides is 2. The lowest BCUT2D eigenvalue weighted by molar-refractivity contribution is -0.121. The van der Waals surface area contributed by atoms with Crippen LogP contribution in [0.3, 0.4) is 0 Å². The van der Waals surface area contributed by atoms with Crippen LogP contribution >= 0.6 is 0 Å². The Morgan fingerprint density at radius 3 is 2.87 bits per heavy atom. The first-order valence-corrected chi connectivity index (χ1v) is 7.50. The van der Waals surface area contributed by atoms with E-state index in [2.05, 4.69) is 10.4 Å². The summed E-state index contributed by atoms with van der Waals surface area (Å²) in [4.78, 5) is 24.4. The molecular formula is C16H18N4O3. The Kier molecular flexibility index (Phi) is 4.56. The smallest absolute Gasteiger partial charge is 0.410 e. The molecule has 1 aliphatic heterocycles. The molecule has 1 aromatic heterocycles. The molecule has 7 heteroatoms. The quantitative estimate of drug-likeness (QED) is 0.862. The highest BCUT2D eigenvalue weighted by Crippen LogP contribution is 2.07. The molecule has 1 saturated heterocycles. The number of carbonyl (C=O) groups excluding carboxylic acids is 2. The van der Waals surface area contributed by atoms with E-state index < -0.39 is 6.09 Å². The van der Waals surface area contributed by atoms with Crippen LogP contribution in [0, 0.1) is 0 Å². The van der Waals surface area contributed by atoms with Crippen LogP contribution in [0.4, 0.5) is 4.79 Å². The van der Waals surface area contributed by atoms with Crippen molar-refractivity contribution in [2.24, 2.45) is 0 Å². The molecule has 0 bridgehead atoms. The van der Waals surface area contributed by atoms with Gasteiger partial charge in [0.1, 0.15) is 13.2 Å². The Balaban J connectivity index is 1.45. The van der Waals surface area contributed by atoms with Crippen molar-refractivity contribution < 1.29 is 14.3 Å². The van der Waals surface area contributed by atoms with E-state index in [1.165, 1.54) is 4.90 Å². The fourth-order valence-corrected chi connectivity index (χ4v) is 2.36. The van der Waals surface area contributed by atoms with E-state index in [4.69, 9.17) is 4.74 Å². The van der Waals surface area contributed by atoms with E-state index in [0.717, 1.165) is 11.3 Å². The molecule has 2 amide bonds. The summed E-state index contributed by atoms with van der Waals surface area (Å²) in [7, 11) is 0. The van der Waals surface area contributed by atoms with Crippen molar-refractivity contribution >= 4 is 12.0 Å². The molecule has 1 fully saturated rings. The lowest BCUT2D eigenvalue weighted by Crippen LogP contribution is -2.38. The van der Waals surface area contributed by atoms with Gasteiger partial charge in [0.2, 0.25) is 5.91 Å². The Morgan fingerprint density at radius 2 is 2.13 bits per heavy atom. The number of nitrogens with zero attached hydrogens (tertiary/aromatic N) is 3. The number of aromatic nitrogens is 2. The van der Waals surface area contributed by atoms with Crippen LogP contribution in [0.25, 0.3) is 5.69 Å². The Hall–Kier alpha value is -2.83. The summed E-state index contributed by atoms with van der Waals surface area (Å²) in [5.41, 5.74) is 2.03. The van der Waals surface area contributed by atoms with Gasteiger partial charge in [0.25, 0.3) is 0 Å². The summed E-state index contributed by atoms with van der Waals surface area (Å²) < 4.78 is 6.58. The van der Waals surface area contributed by atoms with Gasteiger partial charge >= 0.3 is 6.09 Å². The van der Waals surface area contributed by atoms with Gasteiger partial charge in [-0.25, -0.2) is 9.48 Å². The SMILES string of the molecule is O=C(CN1CCOC1=O)NCCc1cnn(-c2ccccc2)c1. The number of ether oxygens (including phenoxy) is 1. The van der Waals surface area contributed by atoms with Gasteiger partial charge in [-0.2, -0.15) is 5.10 Å². The lowest BCUT2D eigenvalue weighted by Gasteiger charge is -2.11. The Bertz CT molecular complexity index is 684. The van der Waals surface area contributed by atoms with Gasteiger partial charge in [-0.05, 0) is 24.1 Å². The predicted molar refractivity (Wildman–Crippen MR) is 83.2 cm³/mol. The van der Waals surface area contributed by atoms with E-state index in [1.54, 1.807) is 10.9 Å². The van der Waals surface area contributed by atoms with Crippen LogP contribution in [0.2, 0.25) is 0 Å². The Morgan fingerprint density at radius 1 is 1.30 bits per heavy atom. The zero-order valence-corrected chi connectivity index (χ0v) is 12.6. The minimum Gasteiger partial charge on any atom is -0.448 e. The number of cyclic esters (lactones) is 1. The van der Waals surface area contributed by atoms with E-state index in [-0.39, 0.29) is 12.5 Å². The molecule has 0 spiro atoms. The minimum atomic E-state index is -0.427. The molecule has 2 aromatic rings. The maximum Gasteiger partial charge on any atom is 0.410 e. The molecule has 23 heavy (non-hydrogen) atoms. The summed E-state index contributed by atoms with van der Waals surface area (Å²) >= 11 is 0. The molecule has 0 radical (unpaired) electrons. The van der Waals surface area contributed by atoms with Gasteiger partial charge in [0.05, 0.1) is 18.4 Å². The molecule has 1 N–H and O–H groups in total. The van der Waals surface area contributed by atoms with Crippen molar-refractivity contribution in [1.29, 1.82) is 0 Å². The van der Waals surface area contributed by atoms with Crippen molar-refractivity contribution in [2.75, 3.05) is 26.2 Å². The number of carbonyl (C=O) groups is 2. The molecule has 7 nitrogen and oxygen atoms in total. The van der Waals surface area contributed by atoms with Gasteiger partial charge in [-0.15, -0.1) is 0 Å². The third-order valence-electron chi connectivity index (χ3n) is 3.57. The van der Waals surface area contributed by atoms with Crippen LogP contribution in [0.15, 0.2) is 42.7 Å². The summed E-state index contributed by atoms with van der Waals surface area (Å²) in [5.74, 6) is -0.181. The topological polar surface area (TPSA) is 76.5 Å². The predicted octanol–water partition coefficient (Wildman–Crippen LogP) is 0.983. The standard InChI is InChI=1S/C16H18N4O3/c21-15(12-19-8-9-23-16(19)22)17-7-6-13-10-18-20(11-13)14-4-2-1-3-5-14/h1-5,10-11H,6-9,12H2,(H,17,21). The molecule has 0 aliphatic carbocycles. The van der Waals surface area contributed by atoms with Gasteiger partial charge in [-0.3, -0.25) is 9.69 Å². The van der Waals surface area contributed by atoms with Gasteiger partial charge in [0.15, 0.2) is 0 Å². The normalized spacial score (nSPS) is 13.9. The molecule has 0 atom stereocenters. The van der Waals surface area contributed by atoms with Crippen molar-refractivity contribution in [3.05, 3.63) is 48.3 Å². The summed E-state index contributed by atoms with van der Waals surface area (Å²) in [5, 5.41) is 7.11. The average molecular weight is 314 g/mol. The molecule has 3 rings (SSSR count). The molecule has 0 unspecified atom stereocenters. The zero-order chi connectivity index (χ0) is 16.1. The van der Waals surface area contributed by atoms with E-state index in [9.17, 15) is 9.59 Å². The van der Waals surface area contributed by atoms with Crippen molar-refractivity contribution in [3.8, 4) is 5.69 Å². The second-order valence-electron chi connectivity index (χ2n) is 5.26. The first-order valence-electron chi connectivity index (χ1n) is 7.50. The Labute approximate surface area is 133 Å². The largest absolute Gasteiger partial charge is 0.448 e. The van der Waals surface area contributed by atoms with Crippen LogP contribution in [0.1, 0.15) is 5.56 Å². The number of rotatable bonds is 6. The first-order chi connectivity index (χ1) is 11.2. The van der Waals surface area contributed by atoms with Crippen molar-refractivity contribution in [3.63, 3.8) is 0 Å². The monoisotopic (exact) mass is 314 g/mol. The third kappa shape index (κ3) is 3.88. The number of nitrogens with one attached hydrogen (secondary N) is 1. The highest BCUT2D eigenvalue weighted by molar-refractivity contribution is 5.82. The minimum absolute atomic E-state index is 0.0438. The fraction of sp³-hybridized carbons (Fsp3) is 0.312. The summed E-state index contributed by atoms with van der Waals surface area (Å²) in [6.45, 7) is 1.37. The maximum absolute atomic E-state index is 11.8. The number of hydrogen-bond donors (Lipinski definition) is 1. The van der Waals surface area contributed by atoms with Crippen molar-refractivity contribution in [2.45, 2.75) is 6.42 Å². The first kappa shape index (κ1) is 15.1. The highest BCUT2D eigenvalue weighted by atomic mass is 16.6. The molecule has 1 aliphatic rings. The summed E-state index contributed by atoms with van der Waals surface area (Å²) in [6, 6.07) is 9.83. The van der Waals surface area contributed by atoms with Crippen LogP contribution in [-0.2, 0) is 16.0 Å². The van der Waals surface area contributed by atoms with E-state index in [1.807, 2.05) is 36.5 Å². The van der Waals surface area contributed by atoms with Crippen molar-refractivity contribution in [1.82, 2.24) is 20.0 Å². The molecule has 120 valence electrons. The molecular weight excluding hydrogens is 296 g/mol. The second kappa shape index (κ2) is 6.95. The number of benzene rings is 1. The van der Waals surface area contributed by atoms with Crippen LogP contribution in [-0.4, -0.2) is 52.9 Å². The zero-order valence-electron chi connectivity index (χ0n) is 12.6. The van der Waals surface area contributed by atoms with Gasteiger partial charge in [-0.1, -0.05) is 18.2 Å². The van der Waals surface area contributed by atoms with E-state index in [0.29, 0.717) is 26.1 Å². The average Bonchev–Trinajstić information content (AvgIpc) is 3.18. The number of hydrogen-bond acceptors (Lipinski definition) is 4. The fourth-order valence-electron chi connectivity index (χ4n) is 2.36.